The lowest BCUT2D eigenvalue weighted by molar-refractivity contribution is 0.0958. The molecule has 1 aromatic heterocycles. The average Bonchev–Trinajstić information content (AvgIpc) is 2.69. The Bertz CT molecular complexity index is 222. The zero-order valence-electron chi connectivity index (χ0n) is 9.07. The standard InChI is InChI=1S/C12H20O2/c1-3-5-10(6-4-2)12(13)11-7-8-14-9-11/h7-10,12-13H,3-6H2,1-2H3. The fraction of sp³-hybridized carbons (Fsp3) is 0.667. The van der Waals surface area contributed by atoms with Gasteiger partial charge in [0, 0.05) is 5.56 Å². The highest BCUT2D eigenvalue weighted by Gasteiger charge is 2.19. The first-order valence-corrected chi connectivity index (χ1v) is 5.49. The van der Waals surface area contributed by atoms with Crippen LogP contribution in [0.5, 0.6) is 0 Å². The Balaban J connectivity index is 2.58. The largest absolute Gasteiger partial charge is 0.472 e. The Morgan fingerprint density at radius 3 is 2.36 bits per heavy atom. The molecule has 80 valence electrons. The molecular weight excluding hydrogens is 176 g/mol. The van der Waals surface area contributed by atoms with Gasteiger partial charge < -0.3 is 9.52 Å². The van der Waals surface area contributed by atoms with E-state index in [9.17, 15) is 5.11 Å². The highest BCUT2D eigenvalue weighted by molar-refractivity contribution is 5.10. The first-order valence-electron chi connectivity index (χ1n) is 5.49. The molecule has 0 bridgehead atoms. The van der Waals surface area contributed by atoms with Crippen LogP contribution >= 0.6 is 0 Å². The number of aliphatic hydroxyl groups is 1. The smallest absolute Gasteiger partial charge is 0.0960 e. The topological polar surface area (TPSA) is 33.4 Å². The van der Waals surface area contributed by atoms with Crippen molar-refractivity contribution >= 4 is 0 Å². The summed E-state index contributed by atoms with van der Waals surface area (Å²) >= 11 is 0. The van der Waals surface area contributed by atoms with Crippen LogP contribution in [0.15, 0.2) is 23.0 Å². The van der Waals surface area contributed by atoms with Crippen LogP contribution in [0.3, 0.4) is 0 Å². The van der Waals surface area contributed by atoms with Crippen LogP contribution in [0.2, 0.25) is 0 Å². The molecule has 0 saturated heterocycles. The molecule has 0 aliphatic heterocycles. The molecule has 0 aliphatic carbocycles. The monoisotopic (exact) mass is 196 g/mol. The van der Waals surface area contributed by atoms with E-state index in [-0.39, 0.29) is 6.10 Å². The van der Waals surface area contributed by atoms with Gasteiger partial charge in [-0.05, 0) is 24.8 Å². The maximum absolute atomic E-state index is 10.1. The molecule has 0 amide bonds. The van der Waals surface area contributed by atoms with Crippen LogP contribution in [0.25, 0.3) is 0 Å². The molecule has 2 nitrogen and oxygen atoms in total. The lowest BCUT2D eigenvalue weighted by Crippen LogP contribution is -2.11. The van der Waals surface area contributed by atoms with E-state index < -0.39 is 0 Å². The lowest BCUT2D eigenvalue weighted by Gasteiger charge is -2.20. The van der Waals surface area contributed by atoms with Crippen LogP contribution in [0.4, 0.5) is 0 Å². The van der Waals surface area contributed by atoms with Crippen molar-refractivity contribution < 1.29 is 9.52 Å². The number of furan rings is 1. The van der Waals surface area contributed by atoms with Gasteiger partial charge in [0.05, 0.1) is 18.6 Å². The second-order valence-electron chi connectivity index (χ2n) is 3.84. The van der Waals surface area contributed by atoms with E-state index in [1.807, 2.05) is 6.07 Å². The molecule has 1 unspecified atom stereocenters. The normalized spacial score (nSPS) is 13.4. The predicted molar refractivity (Wildman–Crippen MR) is 57.0 cm³/mol. The summed E-state index contributed by atoms with van der Waals surface area (Å²) in [7, 11) is 0. The fourth-order valence-electron chi connectivity index (χ4n) is 1.92. The van der Waals surface area contributed by atoms with Crippen molar-refractivity contribution in [2.75, 3.05) is 0 Å². The first kappa shape index (κ1) is 11.3. The quantitative estimate of drug-likeness (QED) is 0.755. The Morgan fingerprint density at radius 2 is 1.93 bits per heavy atom. The second-order valence-corrected chi connectivity index (χ2v) is 3.84. The zero-order valence-corrected chi connectivity index (χ0v) is 9.07. The van der Waals surface area contributed by atoms with Crippen molar-refractivity contribution in [1.29, 1.82) is 0 Å². The van der Waals surface area contributed by atoms with Gasteiger partial charge in [-0.3, -0.25) is 0 Å². The van der Waals surface area contributed by atoms with Gasteiger partial charge >= 0.3 is 0 Å². The third-order valence-corrected chi connectivity index (χ3v) is 2.65. The molecular formula is C12H20O2. The van der Waals surface area contributed by atoms with Gasteiger partial charge in [-0.2, -0.15) is 0 Å². The first-order chi connectivity index (χ1) is 6.79. The van der Waals surface area contributed by atoms with E-state index in [1.54, 1.807) is 12.5 Å². The van der Waals surface area contributed by atoms with Crippen LogP contribution in [-0.2, 0) is 0 Å². The fourth-order valence-corrected chi connectivity index (χ4v) is 1.92. The molecule has 1 aromatic rings. The van der Waals surface area contributed by atoms with Crippen LogP contribution in [0.1, 0.15) is 51.2 Å². The number of aliphatic hydroxyl groups excluding tert-OH is 1. The molecule has 2 heteroatoms. The maximum Gasteiger partial charge on any atom is 0.0960 e. The highest BCUT2D eigenvalue weighted by Crippen LogP contribution is 2.29. The Morgan fingerprint density at radius 1 is 1.29 bits per heavy atom. The van der Waals surface area contributed by atoms with E-state index in [0.29, 0.717) is 5.92 Å². The van der Waals surface area contributed by atoms with Gasteiger partial charge in [0.1, 0.15) is 0 Å². The summed E-state index contributed by atoms with van der Waals surface area (Å²) in [6.45, 7) is 4.31. The van der Waals surface area contributed by atoms with Crippen molar-refractivity contribution in [1.82, 2.24) is 0 Å². The molecule has 14 heavy (non-hydrogen) atoms. The van der Waals surface area contributed by atoms with Gasteiger partial charge in [0.15, 0.2) is 0 Å². The van der Waals surface area contributed by atoms with Crippen LogP contribution in [0, 0.1) is 5.92 Å². The second kappa shape index (κ2) is 5.86. The van der Waals surface area contributed by atoms with Crippen molar-refractivity contribution in [2.45, 2.75) is 45.6 Å². The van der Waals surface area contributed by atoms with Crippen molar-refractivity contribution in [2.24, 2.45) is 5.92 Å². The summed E-state index contributed by atoms with van der Waals surface area (Å²) in [6.07, 6.45) is 7.32. The molecule has 0 aliphatic rings. The van der Waals surface area contributed by atoms with Gasteiger partial charge in [-0.1, -0.05) is 26.7 Å². The van der Waals surface area contributed by atoms with E-state index >= 15 is 0 Å². The summed E-state index contributed by atoms with van der Waals surface area (Å²) in [4.78, 5) is 0. The summed E-state index contributed by atoms with van der Waals surface area (Å²) < 4.78 is 4.98. The lowest BCUT2D eigenvalue weighted by atomic mass is 9.89. The highest BCUT2D eigenvalue weighted by atomic mass is 16.3. The van der Waals surface area contributed by atoms with Gasteiger partial charge in [0.25, 0.3) is 0 Å². The van der Waals surface area contributed by atoms with Gasteiger partial charge in [-0.15, -0.1) is 0 Å². The maximum atomic E-state index is 10.1. The van der Waals surface area contributed by atoms with Crippen LogP contribution in [-0.4, -0.2) is 5.11 Å². The predicted octanol–water partition coefficient (Wildman–Crippen LogP) is 3.53. The van der Waals surface area contributed by atoms with E-state index in [4.69, 9.17) is 4.42 Å². The van der Waals surface area contributed by atoms with Crippen molar-refractivity contribution in [3.8, 4) is 0 Å². The summed E-state index contributed by atoms with van der Waals surface area (Å²) in [5.74, 6) is 0.377. The molecule has 1 N–H and O–H groups in total. The molecule has 1 heterocycles. The van der Waals surface area contributed by atoms with Gasteiger partial charge in [-0.25, -0.2) is 0 Å². The molecule has 1 atom stereocenters. The van der Waals surface area contributed by atoms with Crippen molar-refractivity contribution in [3.05, 3.63) is 24.2 Å². The summed E-state index contributed by atoms with van der Waals surface area (Å²) in [5, 5.41) is 10.1. The van der Waals surface area contributed by atoms with E-state index in [0.717, 1.165) is 31.2 Å². The summed E-state index contributed by atoms with van der Waals surface area (Å²) in [6, 6.07) is 1.85. The molecule has 0 spiro atoms. The Kier molecular flexibility index (Phi) is 4.74. The van der Waals surface area contributed by atoms with E-state index in [1.165, 1.54) is 0 Å². The molecule has 1 rings (SSSR count). The minimum atomic E-state index is -0.353. The third-order valence-electron chi connectivity index (χ3n) is 2.65. The minimum Gasteiger partial charge on any atom is -0.472 e. The van der Waals surface area contributed by atoms with Crippen molar-refractivity contribution in [3.63, 3.8) is 0 Å². The molecule has 0 fully saturated rings. The summed E-state index contributed by atoms with van der Waals surface area (Å²) in [5.41, 5.74) is 0.914. The van der Waals surface area contributed by atoms with Crippen LogP contribution < -0.4 is 0 Å². The Labute approximate surface area is 85.9 Å². The number of rotatable bonds is 6. The third kappa shape index (κ3) is 2.88. The van der Waals surface area contributed by atoms with Gasteiger partial charge in [0.2, 0.25) is 0 Å². The minimum absolute atomic E-state index is 0.353. The molecule has 0 radical (unpaired) electrons. The number of hydrogen-bond acceptors (Lipinski definition) is 2. The molecule has 0 aromatic carbocycles. The molecule has 0 saturated carbocycles. The average molecular weight is 196 g/mol. The Hall–Kier alpha value is -0.760. The number of hydrogen-bond donors (Lipinski definition) is 1. The SMILES string of the molecule is CCCC(CCC)C(O)c1ccoc1. The zero-order chi connectivity index (χ0) is 10.4. The van der Waals surface area contributed by atoms with E-state index in [2.05, 4.69) is 13.8 Å².